The Morgan fingerprint density at radius 3 is 2.91 bits per heavy atom. The number of carbonyl (C=O) groups excluding carboxylic acids is 1. The average Bonchev–Trinajstić information content (AvgIpc) is 3.06. The van der Waals surface area contributed by atoms with Gasteiger partial charge in [0.2, 0.25) is 5.91 Å². The van der Waals surface area contributed by atoms with Gasteiger partial charge in [-0.3, -0.25) is 4.79 Å². The Balaban J connectivity index is 1.78. The second-order valence-electron chi connectivity index (χ2n) is 5.79. The summed E-state index contributed by atoms with van der Waals surface area (Å²) in [5.74, 6) is 1.53. The molecular formula is C18H13NO3. The Morgan fingerprint density at radius 1 is 1.05 bits per heavy atom. The van der Waals surface area contributed by atoms with E-state index in [1.165, 1.54) is 0 Å². The molecule has 0 radical (unpaired) electrons. The van der Waals surface area contributed by atoms with Crippen molar-refractivity contribution in [3.05, 3.63) is 59.2 Å². The number of fused-ring (bicyclic) bond motifs is 5. The van der Waals surface area contributed by atoms with E-state index in [0.717, 1.165) is 33.9 Å². The third-order valence-corrected chi connectivity index (χ3v) is 4.67. The van der Waals surface area contributed by atoms with Crippen LogP contribution in [0.3, 0.4) is 0 Å². The third-order valence-electron chi connectivity index (χ3n) is 4.67. The van der Waals surface area contributed by atoms with Gasteiger partial charge in [0.25, 0.3) is 0 Å². The molecule has 3 aliphatic heterocycles. The molecule has 0 bridgehead atoms. The van der Waals surface area contributed by atoms with Gasteiger partial charge in [-0.05, 0) is 23.8 Å². The van der Waals surface area contributed by atoms with E-state index in [9.17, 15) is 4.79 Å². The van der Waals surface area contributed by atoms with Gasteiger partial charge in [-0.2, -0.15) is 0 Å². The van der Waals surface area contributed by atoms with Crippen LogP contribution in [0.5, 0.6) is 11.5 Å². The number of carbonyl (C=O) groups is 1. The quantitative estimate of drug-likeness (QED) is 0.812. The van der Waals surface area contributed by atoms with E-state index >= 15 is 0 Å². The zero-order valence-electron chi connectivity index (χ0n) is 11.8. The molecule has 4 nitrogen and oxygen atoms in total. The molecule has 4 heteroatoms. The molecule has 0 saturated carbocycles. The van der Waals surface area contributed by atoms with E-state index in [0.29, 0.717) is 13.2 Å². The maximum absolute atomic E-state index is 12.7. The highest BCUT2D eigenvalue weighted by molar-refractivity contribution is 6.10. The highest BCUT2D eigenvalue weighted by Crippen LogP contribution is 2.51. The van der Waals surface area contributed by atoms with Gasteiger partial charge in [0.15, 0.2) is 0 Å². The van der Waals surface area contributed by atoms with Crippen LogP contribution in [0.15, 0.2) is 42.5 Å². The molecule has 1 atom stereocenters. The lowest BCUT2D eigenvalue weighted by Gasteiger charge is -2.21. The number of para-hydroxylation sites is 1. The molecule has 2 aromatic carbocycles. The Morgan fingerprint density at radius 2 is 1.95 bits per heavy atom. The van der Waals surface area contributed by atoms with E-state index in [1.807, 2.05) is 48.6 Å². The molecular weight excluding hydrogens is 278 g/mol. The Kier molecular flexibility index (Phi) is 2.11. The van der Waals surface area contributed by atoms with Gasteiger partial charge in [-0.15, -0.1) is 0 Å². The summed E-state index contributed by atoms with van der Waals surface area (Å²) < 4.78 is 11.5. The second-order valence-corrected chi connectivity index (χ2v) is 5.79. The van der Waals surface area contributed by atoms with Gasteiger partial charge in [0, 0.05) is 22.9 Å². The van der Waals surface area contributed by atoms with E-state index < -0.39 is 5.41 Å². The van der Waals surface area contributed by atoms with Crippen LogP contribution in [0.4, 0.5) is 5.69 Å². The van der Waals surface area contributed by atoms with Crippen molar-refractivity contribution in [3.8, 4) is 11.5 Å². The van der Waals surface area contributed by atoms with Crippen molar-refractivity contribution in [2.75, 3.05) is 18.5 Å². The molecule has 0 fully saturated rings. The Bertz CT molecular complexity index is 855. The van der Waals surface area contributed by atoms with Crippen molar-refractivity contribution >= 4 is 17.7 Å². The number of ether oxygens (including phenoxy) is 2. The summed E-state index contributed by atoms with van der Waals surface area (Å²) in [6, 6.07) is 11.7. The maximum Gasteiger partial charge on any atom is 0.243 e. The predicted octanol–water partition coefficient (Wildman–Crippen LogP) is 2.72. The zero-order valence-corrected chi connectivity index (χ0v) is 11.8. The standard InChI is InChI=1S/C18H13NO3/c20-17-18(12-5-1-2-6-14(12)19-17)10-22-16-9-15-11(8-13(16)18)4-3-7-21-15/h1-6,8-9H,7,10H2,(H,19,20). The van der Waals surface area contributed by atoms with Gasteiger partial charge >= 0.3 is 0 Å². The lowest BCUT2D eigenvalue weighted by Crippen LogP contribution is -2.37. The van der Waals surface area contributed by atoms with Crippen molar-refractivity contribution < 1.29 is 14.3 Å². The lowest BCUT2D eigenvalue weighted by molar-refractivity contribution is -0.119. The van der Waals surface area contributed by atoms with Gasteiger partial charge in [0.05, 0.1) is 0 Å². The van der Waals surface area contributed by atoms with Crippen LogP contribution in [0.2, 0.25) is 0 Å². The predicted molar refractivity (Wildman–Crippen MR) is 82.3 cm³/mol. The normalized spacial score (nSPS) is 23.4. The molecule has 0 aliphatic carbocycles. The van der Waals surface area contributed by atoms with Gasteiger partial charge in [-0.25, -0.2) is 0 Å². The number of hydrogen-bond acceptors (Lipinski definition) is 3. The van der Waals surface area contributed by atoms with Crippen LogP contribution in [0, 0.1) is 0 Å². The first kappa shape index (κ1) is 11.9. The molecule has 2 aromatic rings. The molecule has 1 N–H and O–H groups in total. The minimum atomic E-state index is -0.744. The zero-order chi connectivity index (χ0) is 14.7. The van der Waals surface area contributed by atoms with Crippen LogP contribution in [-0.2, 0) is 10.2 Å². The number of rotatable bonds is 0. The molecule has 0 saturated heterocycles. The van der Waals surface area contributed by atoms with E-state index in [-0.39, 0.29) is 5.91 Å². The van der Waals surface area contributed by atoms with E-state index in [4.69, 9.17) is 9.47 Å². The summed E-state index contributed by atoms with van der Waals surface area (Å²) >= 11 is 0. The number of benzene rings is 2. The van der Waals surface area contributed by atoms with Crippen molar-refractivity contribution in [3.63, 3.8) is 0 Å². The molecule has 3 aliphatic rings. The van der Waals surface area contributed by atoms with Crippen molar-refractivity contribution in [2.45, 2.75) is 5.41 Å². The monoisotopic (exact) mass is 291 g/mol. The summed E-state index contributed by atoms with van der Waals surface area (Å²) in [6.45, 7) is 0.901. The number of anilines is 1. The van der Waals surface area contributed by atoms with Crippen molar-refractivity contribution in [1.82, 2.24) is 0 Å². The highest BCUT2D eigenvalue weighted by atomic mass is 16.5. The Labute approximate surface area is 127 Å². The second kappa shape index (κ2) is 3.91. The smallest absolute Gasteiger partial charge is 0.243 e. The fraction of sp³-hybridized carbons (Fsp3) is 0.167. The van der Waals surface area contributed by atoms with Crippen LogP contribution in [-0.4, -0.2) is 19.1 Å². The van der Waals surface area contributed by atoms with Crippen LogP contribution >= 0.6 is 0 Å². The summed E-state index contributed by atoms with van der Waals surface area (Å²) in [6.07, 6.45) is 4.00. The topological polar surface area (TPSA) is 47.6 Å². The van der Waals surface area contributed by atoms with Gasteiger partial charge < -0.3 is 14.8 Å². The fourth-order valence-electron chi connectivity index (χ4n) is 3.59. The first-order valence-electron chi connectivity index (χ1n) is 7.31. The molecule has 22 heavy (non-hydrogen) atoms. The third kappa shape index (κ3) is 1.30. The fourth-order valence-corrected chi connectivity index (χ4v) is 3.59. The number of nitrogens with one attached hydrogen (secondary N) is 1. The highest BCUT2D eigenvalue weighted by Gasteiger charge is 2.54. The largest absolute Gasteiger partial charge is 0.491 e. The van der Waals surface area contributed by atoms with Gasteiger partial charge in [-0.1, -0.05) is 24.3 Å². The SMILES string of the molecule is O=C1Nc2ccccc2C12COc1cc3c(cc12)C=CCO3. The van der Waals surface area contributed by atoms with Crippen LogP contribution < -0.4 is 14.8 Å². The maximum atomic E-state index is 12.7. The molecule has 1 amide bonds. The minimum absolute atomic E-state index is 0.0203. The Hall–Kier alpha value is -2.75. The molecule has 3 heterocycles. The van der Waals surface area contributed by atoms with Crippen molar-refractivity contribution in [2.24, 2.45) is 0 Å². The van der Waals surface area contributed by atoms with Crippen molar-refractivity contribution in [1.29, 1.82) is 0 Å². The summed E-state index contributed by atoms with van der Waals surface area (Å²) in [7, 11) is 0. The first-order valence-corrected chi connectivity index (χ1v) is 7.31. The number of hydrogen-bond donors (Lipinski definition) is 1. The van der Waals surface area contributed by atoms with Crippen LogP contribution in [0.25, 0.3) is 6.08 Å². The molecule has 1 unspecified atom stereocenters. The lowest BCUT2D eigenvalue weighted by atomic mass is 9.76. The molecule has 0 aromatic heterocycles. The molecule has 1 spiro atoms. The minimum Gasteiger partial charge on any atom is -0.491 e. The first-order chi connectivity index (χ1) is 10.8. The number of amides is 1. The summed E-state index contributed by atoms with van der Waals surface area (Å²) in [5.41, 5.74) is 3.02. The summed E-state index contributed by atoms with van der Waals surface area (Å²) in [4.78, 5) is 12.7. The van der Waals surface area contributed by atoms with Gasteiger partial charge in [0.1, 0.15) is 30.1 Å². The molecule has 5 rings (SSSR count). The van der Waals surface area contributed by atoms with Crippen LogP contribution in [0.1, 0.15) is 16.7 Å². The van der Waals surface area contributed by atoms with E-state index in [2.05, 4.69) is 5.32 Å². The average molecular weight is 291 g/mol. The molecule has 108 valence electrons. The van der Waals surface area contributed by atoms with E-state index in [1.54, 1.807) is 0 Å². The summed E-state index contributed by atoms with van der Waals surface area (Å²) in [5, 5.41) is 2.98.